The zero-order chi connectivity index (χ0) is 16.8. The molecule has 1 aliphatic heterocycles. The second kappa shape index (κ2) is 5.72. The van der Waals surface area contributed by atoms with Crippen molar-refractivity contribution in [1.82, 2.24) is 9.13 Å². The molecule has 1 unspecified atom stereocenters. The highest BCUT2D eigenvalue weighted by molar-refractivity contribution is 6.34. The van der Waals surface area contributed by atoms with E-state index in [0.29, 0.717) is 28.0 Å². The number of imidazole rings is 1. The van der Waals surface area contributed by atoms with Crippen LogP contribution in [-0.2, 0) is 6.54 Å². The molecule has 3 aromatic rings. The van der Waals surface area contributed by atoms with Gasteiger partial charge in [0.15, 0.2) is 0 Å². The molecule has 4 nitrogen and oxygen atoms in total. The van der Waals surface area contributed by atoms with E-state index in [-0.39, 0.29) is 17.5 Å². The van der Waals surface area contributed by atoms with Gasteiger partial charge >= 0.3 is 5.69 Å². The number of rotatable bonds is 2. The molecule has 0 fully saturated rings. The molecule has 1 aliphatic rings. The van der Waals surface area contributed by atoms with Gasteiger partial charge in [-0.3, -0.25) is 4.57 Å². The van der Waals surface area contributed by atoms with Gasteiger partial charge in [0.25, 0.3) is 0 Å². The topological polar surface area (TPSA) is 47.2 Å². The fourth-order valence-electron chi connectivity index (χ4n) is 3.42. The Morgan fingerprint density at radius 3 is 2.38 bits per heavy atom. The van der Waals surface area contributed by atoms with Crippen molar-refractivity contribution in [3.8, 4) is 11.6 Å². The van der Waals surface area contributed by atoms with Gasteiger partial charge in [-0.2, -0.15) is 0 Å². The lowest BCUT2D eigenvalue weighted by molar-refractivity contribution is 0.432. The van der Waals surface area contributed by atoms with Crippen molar-refractivity contribution < 1.29 is 5.11 Å². The molecule has 2 heterocycles. The Morgan fingerprint density at radius 1 is 1.04 bits per heavy atom. The van der Waals surface area contributed by atoms with E-state index >= 15 is 0 Å². The number of nitrogens with zero attached hydrogens (tertiary/aromatic N) is 2. The number of aromatic hydroxyl groups is 1. The summed E-state index contributed by atoms with van der Waals surface area (Å²) in [4.78, 5) is 12.8. The third kappa shape index (κ3) is 2.34. The number of halogens is 2. The molecule has 0 saturated carbocycles. The van der Waals surface area contributed by atoms with Crippen molar-refractivity contribution in [3.63, 3.8) is 0 Å². The number of hydrogen-bond acceptors (Lipinski definition) is 2. The number of benzene rings is 2. The van der Waals surface area contributed by atoms with Crippen LogP contribution in [0.3, 0.4) is 0 Å². The quantitative estimate of drug-likeness (QED) is 0.744. The molecule has 1 atom stereocenters. The SMILES string of the molecule is O=c1n2c(c(O)n1-c1cc(Cl)cc(Cl)c1)C(c1ccccc1)CC2. The van der Waals surface area contributed by atoms with Gasteiger partial charge in [0.05, 0.1) is 11.4 Å². The Labute approximate surface area is 148 Å². The third-order valence-corrected chi connectivity index (χ3v) is 4.87. The minimum Gasteiger partial charge on any atom is -0.493 e. The van der Waals surface area contributed by atoms with E-state index in [2.05, 4.69) is 0 Å². The van der Waals surface area contributed by atoms with E-state index in [9.17, 15) is 9.90 Å². The second-order valence-corrected chi connectivity index (χ2v) is 6.73. The van der Waals surface area contributed by atoms with Crippen LogP contribution in [0.1, 0.15) is 23.6 Å². The van der Waals surface area contributed by atoms with Crippen molar-refractivity contribution in [3.05, 3.63) is 80.3 Å². The van der Waals surface area contributed by atoms with Crippen molar-refractivity contribution in [2.75, 3.05) is 0 Å². The Balaban J connectivity index is 1.90. The van der Waals surface area contributed by atoms with Gasteiger partial charge in [0, 0.05) is 22.5 Å². The summed E-state index contributed by atoms with van der Waals surface area (Å²) in [7, 11) is 0. The van der Waals surface area contributed by atoms with Crippen LogP contribution in [0, 0.1) is 0 Å². The van der Waals surface area contributed by atoms with Crippen LogP contribution in [0.4, 0.5) is 0 Å². The van der Waals surface area contributed by atoms with Gasteiger partial charge < -0.3 is 5.11 Å². The van der Waals surface area contributed by atoms with Gasteiger partial charge in [0.2, 0.25) is 5.88 Å². The predicted octanol–water partition coefficient (Wildman–Crippen LogP) is 4.19. The lowest BCUT2D eigenvalue weighted by atomic mass is 9.95. The molecular formula is C18H14Cl2N2O2. The smallest absolute Gasteiger partial charge is 0.335 e. The highest BCUT2D eigenvalue weighted by Crippen LogP contribution is 2.39. The van der Waals surface area contributed by atoms with Crippen molar-refractivity contribution >= 4 is 23.2 Å². The standard InChI is InChI=1S/C18H14Cl2N2O2/c19-12-8-13(20)10-14(9-12)22-17(23)16-15(6-7-21(16)18(22)24)11-4-2-1-3-5-11/h1-5,8-10,15,23H,6-7H2. The monoisotopic (exact) mass is 360 g/mol. The van der Waals surface area contributed by atoms with Crippen LogP contribution in [0.2, 0.25) is 10.0 Å². The van der Waals surface area contributed by atoms with E-state index < -0.39 is 0 Å². The van der Waals surface area contributed by atoms with E-state index in [1.54, 1.807) is 22.8 Å². The second-order valence-electron chi connectivity index (χ2n) is 5.86. The first kappa shape index (κ1) is 15.4. The maximum atomic E-state index is 12.8. The summed E-state index contributed by atoms with van der Waals surface area (Å²) in [5.74, 6) is -0.0560. The molecule has 2 aromatic carbocycles. The van der Waals surface area contributed by atoms with Gasteiger partial charge in [0.1, 0.15) is 0 Å². The molecule has 0 radical (unpaired) electrons. The summed E-state index contributed by atoms with van der Waals surface area (Å²) in [6, 6.07) is 14.7. The number of fused-ring (bicyclic) bond motifs is 1. The van der Waals surface area contributed by atoms with Crippen LogP contribution >= 0.6 is 23.2 Å². The highest BCUT2D eigenvalue weighted by Gasteiger charge is 2.33. The largest absolute Gasteiger partial charge is 0.493 e. The molecule has 6 heteroatoms. The average molecular weight is 361 g/mol. The lowest BCUT2D eigenvalue weighted by Gasteiger charge is -2.11. The summed E-state index contributed by atoms with van der Waals surface area (Å²) in [6.07, 6.45) is 0.791. The molecule has 1 aromatic heterocycles. The maximum absolute atomic E-state index is 12.8. The van der Waals surface area contributed by atoms with Crippen LogP contribution in [0.5, 0.6) is 5.88 Å². The summed E-state index contributed by atoms with van der Waals surface area (Å²) in [5, 5.41) is 11.6. The predicted molar refractivity (Wildman–Crippen MR) is 94.6 cm³/mol. The fraction of sp³-hybridized carbons (Fsp3) is 0.167. The minimum absolute atomic E-state index is 0.00481. The van der Waals surface area contributed by atoms with Crippen LogP contribution in [-0.4, -0.2) is 14.2 Å². The lowest BCUT2D eigenvalue weighted by Crippen LogP contribution is -2.22. The molecule has 4 rings (SSSR count). The van der Waals surface area contributed by atoms with E-state index in [4.69, 9.17) is 23.2 Å². The van der Waals surface area contributed by atoms with Gasteiger partial charge in [-0.1, -0.05) is 53.5 Å². The summed E-state index contributed by atoms with van der Waals surface area (Å²) < 4.78 is 2.89. The zero-order valence-electron chi connectivity index (χ0n) is 12.6. The molecule has 0 bridgehead atoms. The number of aromatic nitrogens is 2. The molecule has 122 valence electrons. The third-order valence-electron chi connectivity index (χ3n) is 4.43. The molecule has 0 saturated heterocycles. The van der Waals surface area contributed by atoms with Crippen LogP contribution < -0.4 is 5.69 Å². The fourth-order valence-corrected chi connectivity index (χ4v) is 3.93. The minimum atomic E-state index is -0.278. The Bertz CT molecular complexity index is 956. The molecule has 1 N–H and O–H groups in total. The first-order chi connectivity index (χ1) is 11.6. The number of hydrogen-bond donors (Lipinski definition) is 1. The van der Waals surface area contributed by atoms with Crippen LogP contribution in [0.25, 0.3) is 5.69 Å². The van der Waals surface area contributed by atoms with Gasteiger partial charge in [-0.25, -0.2) is 9.36 Å². The Kier molecular flexibility index (Phi) is 3.66. The van der Waals surface area contributed by atoms with Crippen molar-refractivity contribution in [1.29, 1.82) is 0 Å². The molecular weight excluding hydrogens is 347 g/mol. The summed E-state index contributed by atoms with van der Waals surface area (Å²) in [6.45, 7) is 0.572. The first-order valence-electron chi connectivity index (χ1n) is 7.62. The summed E-state index contributed by atoms with van der Waals surface area (Å²) >= 11 is 12.1. The molecule has 0 aliphatic carbocycles. The summed E-state index contributed by atoms with van der Waals surface area (Å²) in [5.41, 5.74) is 1.91. The van der Waals surface area contributed by atoms with E-state index in [0.717, 1.165) is 12.0 Å². The Morgan fingerprint density at radius 2 is 1.71 bits per heavy atom. The molecule has 0 amide bonds. The normalized spacial score (nSPS) is 16.3. The highest BCUT2D eigenvalue weighted by atomic mass is 35.5. The van der Waals surface area contributed by atoms with E-state index in [1.807, 2.05) is 30.3 Å². The van der Waals surface area contributed by atoms with Crippen molar-refractivity contribution in [2.24, 2.45) is 0 Å². The average Bonchev–Trinajstić information content (AvgIpc) is 3.08. The first-order valence-corrected chi connectivity index (χ1v) is 8.37. The van der Waals surface area contributed by atoms with Gasteiger partial charge in [-0.15, -0.1) is 0 Å². The van der Waals surface area contributed by atoms with Crippen molar-refractivity contribution in [2.45, 2.75) is 18.9 Å². The zero-order valence-corrected chi connectivity index (χ0v) is 14.1. The van der Waals surface area contributed by atoms with E-state index in [1.165, 1.54) is 4.57 Å². The maximum Gasteiger partial charge on any atom is 0.335 e. The molecule has 24 heavy (non-hydrogen) atoms. The van der Waals surface area contributed by atoms with Gasteiger partial charge in [-0.05, 0) is 30.2 Å². The van der Waals surface area contributed by atoms with Crippen LogP contribution in [0.15, 0.2) is 53.3 Å². The Hall–Kier alpha value is -2.17. The molecule has 0 spiro atoms.